The zero-order valence-corrected chi connectivity index (χ0v) is 13.5. The topological polar surface area (TPSA) is 55.4 Å². The van der Waals surface area contributed by atoms with E-state index in [1.165, 1.54) is 7.11 Å². The number of benzene rings is 2. The van der Waals surface area contributed by atoms with Gasteiger partial charge in [-0.15, -0.1) is 0 Å². The molecule has 120 valence electrons. The molecule has 0 bridgehead atoms. The van der Waals surface area contributed by atoms with Crippen molar-refractivity contribution in [3.05, 3.63) is 70.7 Å². The Bertz CT molecular complexity index is 673. The third-order valence-electron chi connectivity index (χ3n) is 3.42. The molecule has 5 heteroatoms. The Morgan fingerprint density at radius 3 is 2.39 bits per heavy atom. The van der Waals surface area contributed by atoms with Crippen LogP contribution in [0.25, 0.3) is 0 Å². The number of nitrogens with one attached hydrogen (secondary N) is 1. The van der Waals surface area contributed by atoms with Crippen molar-refractivity contribution in [2.45, 2.75) is 18.9 Å². The molecule has 2 aromatic rings. The molecule has 1 N–H and O–H groups in total. The van der Waals surface area contributed by atoms with Gasteiger partial charge < -0.3 is 10.1 Å². The van der Waals surface area contributed by atoms with Crippen LogP contribution in [0.5, 0.6) is 0 Å². The zero-order chi connectivity index (χ0) is 16.7. The van der Waals surface area contributed by atoms with Gasteiger partial charge in [-0.3, -0.25) is 9.59 Å². The molecule has 1 atom stereocenters. The molecule has 0 radical (unpaired) electrons. The molecule has 0 fully saturated rings. The predicted octanol–water partition coefficient (Wildman–Crippen LogP) is 3.30. The molecule has 0 unspecified atom stereocenters. The van der Waals surface area contributed by atoms with Crippen LogP contribution in [-0.2, 0) is 20.7 Å². The Labute approximate surface area is 140 Å². The van der Waals surface area contributed by atoms with Gasteiger partial charge in [0.1, 0.15) is 0 Å². The molecule has 0 aliphatic rings. The lowest BCUT2D eigenvalue weighted by Gasteiger charge is -2.19. The van der Waals surface area contributed by atoms with E-state index in [4.69, 9.17) is 16.3 Å². The zero-order valence-electron chi connectivity index (χ0n) is 12.8. The second-order valence-electron chi connectivity index (χ2n) is 5.08. The summed E-state index contributed by atoms with van der Waals surface area (Å²) < 4.78 is 4.71. The Kier molecular flexibility index (Phi) is 6.18. The van der Waals surface area contributed by atoms with Crippen LogP contribution >= 0.6 is 11.6 Å². The van der Waals surface area contributed by atoms with Crippen molar-refractivity contribution in [1.82, 2.24) is 5.32 Å². The first-order chi connectivity index (χ1) is 11.1. The van der Waals surface area contributed by atoms with E-state index in [0.29, 0.717) is 10.6 Å². The molecule has 0 aliphatic heterocycles. The van der Waals surface area contributed by atoms with Crippen LogP contribution < -0.4 is 5.32 Å². The normalized spacial score (nSPS) is 11.6. The Hall–Kier alpha value is -2.33. The summed E-state index contributed by atoms with van der Waals surface area (Å²) in [6, 6.07) is 16.0. The largest absolute Gasteiger partial charge is 0.469 e. The maximum absolute atomic E-state index is 12.3. The van der Waals surface area contributed by atoms with Crippen LogP contribution in [0, 0.1) is 0 Å². The van der Waals surface area contributed by atoms with Gasteiger partial charge in [0.15, 0.2) is 0 Å². The standard InChI is InChI=1S/C18H18ClNO3/c1-23-18(22)12-16(14-9-5-6-10-15(14)19)20-17(21)11-13-7-3-2-4-8-13/h2-10,16H,11-12H2,1H3,(H,20,21)/t16-/m1/s1. The molecule has 0 heterocycles. The fourth-order valence-corrected chi connectivity index (χ4v) is 2.54. The second-order valence-corrected chi connectivity index (χ2v) is 5.49. The lowest BCUT2D eigenvalue weighted by molar-refractivity contribution is -0.141. The van der Waals surface area contributed by atoms with Gasteiger partial charge in [0.25, 0.3) is 0 Å². The SMILES string of the molecule is COC(=O)C[C@@H](NC(=O)Cc1ccccc1)c1ccccc1Cl. The van der Waals surface area contributed by atoms with Crippen molar-refractivity contribution < 1.29 is 14.3 Å². The van der Waals surface area contributed by atoms with Crippen LogP contribution in [-0.4, -0.2) is 19.0 Å². The summed E-state index contributed by atoms with van der Waals surface area (Å²) in [5.74, 6) is -0.583. The summed E-state index contributed by atoms with van der Waals surface area (Å²) >= 11 is 6.19. The van der Waals surface area contributed by atoms with Crippen molar-refractivity contribution in [2.75, 3.05) is 7.11 Å². The molecule has 2 rings (SSSR count). The highest BCUT2D eigenvalue weighted by atomic mass is 35.5. The van der Waals surface area contributed by atoms with Crippen molar-refractivity contribution in [2.24, 2.45) is 0 Å². The summed E-state index contributed by atoms with van der Waals surface area (Å²) in [6.07, 6.45) is 0.268. The summed E-state index contributed by atoms with van der Waals surface area (Å²) in [4.78, 5) is 23.9. The van der Waals surface area contributed by atoms with Gasteiger partial charge >= 0.3 is 5.97 Å². The van der Waals surface area contributed by atoms with Crippen LogP contribution in [0.3, 0.4) is 0 Å². The monoisotopic (exact) mass is 331 g/mol. The molecule has 1 amide bonds. The number of carbonyl (C=O) groups excluding carboxylic acids is 2. The first-order valence-electron chi connectivity index (χ1n) is 7.24. The number of ether oxygens (including phenoxy) is 1. The third kappa shape index (κ3) is 5.11. The van der Waals surface area contributed by atoms with Gasteiger partial charge in [0.2, 0.25) is 5.91 Å². The first kappa shape index (κ1) is 17.0. The maximum Gasteiger partial charge on any atom is 0.307 e. The van der Waals surface area contributed by atoms with Gasteiger partial charge in [-0.2, -0.15) is 0 Å². The van der Waals surface area contributed by atoms with Crippen molar-refractivity contribution >= 4 is 23.5 Å². The highest BCUT2D eigenvalue weighted by molar-refractivity contribution is 6.31. The Morgan fingerprint density at radius 2 is 1.74 bits per heavy atom. The highest BCUT2D eigenvalue weighted by Crippen LogP contribution is 2.25. The van der Waals surface area contributed by atoms with Gasteiger partial charge in [-0.05, 0) is 17.2 Å². The smallest absolute Gasteiger partial charge is 0.307 e. The molecular formula is C18H18ClNO3. The van der Waals surface area contributed by atoms with Gasteiger partial charge in [-0.1, -0.05) is 60.1 Å². The van der Waals surface area contributed by atoms with Crippen LogP contribution in [0.15, 0.2) is 54.6 Å². The van der Waals surface area contributed by atoms with Crippen molar-refractivity contribution in [3.63, 3.8) is 0 Å². The van der Waals surface area contributed by atoms with Crippen LogP contribution in [0.4, 0.5) is 0 Å². The molecular weight excluding hydrogens is 314 g/mol. The number of esters is 1. The van der Waals surface area contributed by atoms with E-state index < -0.39 is 12.0 Å². The third-order valence-corrected chi connectivity index (χ3v) is 3.77. The Morgan fingerprint density at radius 1 is 1.09 bits per heavy atom. The average Bonchev–Trinajstić information content (AvgIpc) is 2.55. The van der Waals surface area contributed by atoms with E-state index in [2.05, 4.69) is 5.32 Å². The minimum absolute atomic E-state index is 0.0285. The summed E-state index contributed by atoms with van der Waals surface area (Å²) in [5, 5.41) is 3.36. The van der Waals surface area contributed by atoms with Crippen molar-refractivity contribution in [1.29, 1.82) is 0 Å². The molecule has 0 aliphatic carbocycles. The average molecular weight is 332 g/mol. The Balaban J connectivity index is 2.13. The highest BCUT2D eigenvalue weighted by Gasteiger charge is 2.21. The van der Waals surface area contributed by atoms with Gasteiger partial charge in [-0.25, -0.2) is 0 Å². The second kappa shape index (κ2) is 8.34. The lowest BCUT2D eigenvalue weighted by Crippen LogP contribution is -2.31. The molecule has 0 saturated carbocycles. The van der Waals surface area contributed by atoms with Crippen LogP contribution in [0.2, 0.25) is 5.02 Å². The number of amides is 1. The fraction of sp³-hybridized carbons (Fsp3) is 0.222. The predicted molar refractivity (Wildman–Crippen MR) is 89.1 cm³/mol. The van der Waals surface area contributed by atoms with E-state index in [0.717, 1.165) is 5.56 Å². The lowest BCUT2D eigenvalue weighted by atomic mass is 10.0. The van der Waals surface area contributed by atoms with Gasteiger partial charge in [0.05, 0.1) is 26.0 Å². The number of rotatable bonds is 6. The molecule has 4 nitrogen and oxygen atoms in total. The number of halogens is 1. The van der Waals surface area contributed by atoms with E-state index >= 15 is 0 Å². The molecule has 23 heavy (non-hydrogen) atoms. The first-order valence-corrected chi connectivity index (χ1v) is 7.62. The van der Waals surface area contributed by atoms with E-state index in [1.807, 2.05) is 36.4 Å². The van der Waals surface area contributed by atoms with Crippen molar-refractivity contribution in [3.8, 4) is 0 Å². The number of hydrogen-bond acceptors (Lipinski definition) is 3. The molecule has 0 spiro atoms. The van der Waals surface area contributed by atoms with E-state index in [9.17, 15) is 9.59 Å². The minimum atomic E-state index is -0.521. The molecule has 0 saturated heterocycles. The summed E-state index contributed by atoms with van der Waals surface area (Å²) in [7, 11) is 1.32. The fourth-order valence-electron chi connectivity index (χ4n) is 2.27. The van der Waals surface area contributed by atoms with Gasteiger partial charge in [0, 0.05) is 5.02 Å². The number of carbonyl (C=O) groups is 2. The quantitative estimate of drug-likeness (QED) is 0.826. The summed E-state index contributed by atoms with van der Waals surface area (Å²) in [5.41, 5.74) is 1.60. The van der Waals surface area contributed by atoms with Crippen LogP contribution in [0.1, 0.15) is 23.6 Å². The minimum Gasteiger partial charge on any atom is -0.469 e. The number of hydrogen-bond donors (Lipinski definition) is 1. The number of methoxy groups -OCH3 is 1. The summed E-state index contributed by atoms with van der Waals surface area (Å²) in [6.45, 7) is 0. The maximum atomic E-state index is 12.3. The van der Waals surface area contributed by atoms with E-state index in [1.54, 1.807) is 18.2 Å². The molecule has 0 aromatic heterocycles. The van der Waals surface area contributed by atoms with E-state index in [-0.39, 0.29) is 18.7 Å². The molecule has 2 aromatic carbocycles.